The number of nitrogens with one attached hydrogen (secondary N) is 2. The van der Waals surface area contributed by atoms with Crippen LogP contribution in [-0.2, 0) is 0 Å². The van der Waals surface area contributed by atoms with Crippen molar-refractivity contribution in [3.05, 3.63) is 47.6 Å². The Balaban J connectivity index is 1.38. The maximum absolute atomic E-state index is 4.50. The van der Waals surface area contributed by atoms with Crippen molar-refractivity contribution in [2.24, 2.45) is 16.9 Å². The minimum absolute atomic E-state index is 0.404. The Morgan fingerprint density at radius 2 is 2.14 bits per heavy atom. The summed E-state index contributed by atoms with van der Waals surface area (Å²) in [7, 11) is 0. The first-order valence-corrected chi connectivity index (χ1v) is 10.3. The number of benzene rings is 1. The van der Waals surface area contributed by atoms with Crippen LogP contribution in [0.5, 0.6) is 0 Å². The first-order valence-electron chi connectivity index (χ1n) is 10.3. The van der Waals surface area contributed by atoms with Gasteiger partial charge in [-0.15, -0.1) is 10.2 Å². The van der Waals surface area contributed by atoms with E-state index in [9.17, 15) is 0 Å². The zero-order chi connectivity index (χ0) is 20.2. The van der Waals surface area contributed by atoms with Crippen molar-refractivity contribution in [2.45, 2.75) is 46.5 Å². The second-order valence-corrected chi connectivity index (χ2v) is 8.16. The van der Waals surface area contributed by atoms with E-state index < -0.39 is 0 Å². The molecule has 1 aliphatic carbocycles. The van der Waals surface area contributed by atoms with E-state index in [4.69, 9.17) is 0 Å². The normalized spacial score (nSPS) is 19.6. The van der Waals surface area contributed by atoms with Crippen molar-refractivity contribution in [3.63, 3.8) is 0 Å². The molecule has 0 spiro atoms. The lowest BCUT2D eigenvalue weighted by Gasteiger charge is -2.25. The second kappa shape index (κ2) is 8.55. The van der Waals surface area contributed by atoms with Gasteiger partial charge in [0.1, 0.15) is 5.52 Å². The van der Waals surface area contributed by atoms with Crippen LogP contribution in [0.4, 0.5) is 5.95 Å². The summed E-state index contributed by atoms with van der Waals surface area (Å²) in [6.07, 6.45) is 11.2. The number of rotatable bonds is 6. The number of hydrogen-bond donors (Lipinski definition) is 2. The van der Waals surface area contributed by atoms with Crippen LogP contribution < -0.4 is 5.43 Å². The molecule has 2 heterocycles. The molecule has 2 aromatic heterocycles. The molecule has 6 nitrogen and oxygen atoms in total. The number of hydrazone groups is 1. The van der Waals surface area contributed by atoms with Crippen LogP contribution in [0.2, 0.25) is 0 Å². The van der Waals surface area contributed by atoms with Crippen molar-refractivity contribution in [3.8, 4) is 0 Å². The fourth-order valence-electron chi connectivity index (χ4n) is 3.90. The van der Waals surface area contributed by atoms with Crippen LogP contribution in [-0.4, -0.2) is 26.4 Å². The van der Waals surface area contributed by atoms with Gasteiger partial charge >= 0.3 is 0 Å². The molecule has 0 amide bonds. The molecule has 1 aliphatic rings. The fraction of sp³-hybridized carbons (Fsp3) is 0.391. The SMILES string of the molecule is CC(C)=CCCC1=CC[C@H](/C=N\Nc2nnc3c(n2)[nH]c2ccccc23)[C@@H](C)C1. The highest BCUT2D eigenvalue weighted by atomic mass is 15.4. The molecule has 0 radical (unpaired) electrons. The quantitative estimate of drug-likeness (QED) is 0.326. The maximum Gasteiger partial charge on any atom is 0.265 e. The topological polar surface area (TPSA) is 78.8 Å². The highest BCUT2D eigenvalue weighted by molar-refractivity contribution is 6.03. The molecular formula is C23H28N6. The molecule has 0 aliphatic heterocycles. The summed E-state index contributed by atoms with van der Waals surface area (Å²) < 4.78 is 0. The van der Waals surface area contributed by atoms with Gasteiger partial charge in [0.05, 0.1) is 0 Å². The van der Waals surface area contributed by atoms with Crippen LogP contribution in [0, 0.1) is 11.8 Å². The van der Waals surface area contributed by atoms with Crippen molar-refractivity contribution < 1.29 is 0 Å². The monoisotopic (exact) mass is 388 g/mol. The Hall–Kier alpha value is -3.02. The Bertz CT molecular complexity index is 1090. The lowest BCUT2D eigenvalue weighted by atomic mass is 9.80. The lowest BCUT2D eigenvalue weighted by molar-refractivity contribution is 0.431. The molecule has 0 saturated carbocycles. The Morgan fingerprint density at radius 3 is 2.97 bits per heavy atom. The van der Waals surface area contributed by atoms with E-state index in [0.717, 1.165) is 35.7 Å². The summed E-state index contributed by atoms with van der Waals surface area (Å²) in [5, 5.41) is 13.9. The van der Waals surface area contributed by atoms with Gasteiger partial charge < -0.3 is 4.98 Å². The number of para-hydroxylation sites is 1. The average molecular weight is 389 g/mol. The molecule has 2 atom stereocenters. The Morgan fingerprint density at radius 1 is 1.28 bits per heavy atom. The fourth-order valence-corrected chi connectivity index (χ4v) is 3.90. The summed E-state index contributed by atoms with van der Waals surface area (Å²) >= 11 is 0. The van der Waals surface area contributed by atoms with Gasteiger partial charge in [-0.25, -0.2) is 5.43 Å². The maximum atomic E-state index is 4.50. The molecule has 0 bridgehead atoms. The summed E-state index contributed by atoms with van der Waals surface area (Å²) in [5.74, 6) is 1.42. The zero-order valence-corrected chi connectivity index (χ0v) is 17.3. The molecule has 1 aromatic carbocycles. The highest BCUT2D eigenvalue weighted by Gasteiger charge is 2.20. The minimum Gasteiger partial charge on any atom is -0.338 e. The van der Waals surface area contributed by atoms with Crippen LogP contribution >= 0.6 is 0 Å². The van der Waals surface area contributed by atoms with Gasteiger partial charge in [-0.2, -0.15) is 10.1 Å². The zero-order valence-electron chi connectivity index (χ0n) is 17.3. The van der Waals surface area contributed by atoms with Gasteiger partial charge in [-0.3, -0.25) is 0 Å². The van der Waals surface area contributed by atoms with Crippen LogP contribution in [0.25, 0.3) is 22.1 Å². The van der Waals surface area contributed by atoms with Crippen LogP contribution in [0.15, 0.2) is 52.7 Å². The number of anilines is 1. The standard InChI is InChI=1S/C23H28N6/c1-15(2)7-6-8-17-11-12-18(16(3)13-17)14-24-28-23-26-22-21(27-29-23)19-9-4-5-10-20(19)25-22/h4-5,7,9-11,14,16,18H,6,8,12-13H2,1-3H3,(H2,25,26,28,29)/b24-14-/t16-,18+/m0/s1. The summed E-state index contributed by atoms with van der Waals surface area (Å²) in [5.41, 5.74) is 8.42. The summed E-state index contributed by atoms with van der Waals surface area (Å²) in [6, 6.07) is 8.00. The van der Waals surface area contributed by atoms with E-state index in [1.165, 1.54) is 12.0 Å². The number of aromatic nitrogens is 4. The average Bonchev–Trinajstić information content (AvgIpc) is 3.07. The van der Waals surface area contributed by atoms with Crippen molar-refractivity contribution >= 4 is 34.2 Å². The van der Waals surface area contributed by atoms with E-state index >= 15 is 0 Å². The van der Waals surface area contributed by atoms with Crippen molar-refractivity contribution in [2.75, 3.05) is 5.43 Å². The summed E-state index contributed by atoms with van der Waals surface area (Å²) in [4.78, 5) is 7.78. The Kier molecular flexibility index (Phi) is 5.69. The molecule has 2 N–H and O–H groups in total. The lowest BCUT2D eigenvalue weighted by Crippen LogP contribution is -2.18. The van der Waals surface area contributed by atoms with E-state index in [1.54, 1.807) is 5.57 Å². The smallest absolute Gasteiger partial charge is 0.265 e. The predicted octanol–water partition coefficient (Wildman–Crippen LogP) is 5.62. The number of H-pyrrole nitrogens is 1. The number of allylic oxidation sites excluding steroid dienone is 4. The number of nitrogens with zero attached hydrogens (tertiary/aromatic N) is 4. The second-order valence-electron chi connectivity index (χ2n) is 8.16. The molecule has 0 fully saturated rings. The third-order valence-corrected chi connectivity index (χ3v) is 5.56. The van der Waals surface area contributed by atoms with Crippen molar-refractivity contribution in [1.29, 1.82) is 0 Å². The van der Waals surface area contributed by atoms with Crippen LogP contribution in [0.1, 0.15) is 46.5 Å². The third kappa shape index (κ3) is 4.53. The minimum atomic E-state index is 0.404. The van der Waals surface area contributed by atoms with Gasteiger partial charge in [0.2, 0.25) is 0 Å². The number of hydrogen-bond acceptors (Lipinski definition) is 5. The molecule has 6 heteroatoms. The third-order valence-electron chi connectivity index (χ3n) is 5.56. The number of fused-ring (bicyclic) bond motifs is 3. The molecule has 4 rings (SSSR count). The molecular weight excluding hydrogens is 360 g/mol. The van der Waals surface area contributed by atoms with Gasteiger partial charge in [0.25, 0.3) is 5.95 Å². The van der Waals surface area contributed by atoms with Gasteiger partial charge in [-0.1, -0.05) is 48.4 Å². The van der Waals surface area contributed by atoms with E-state index in [-0.39, 0.29) is 0 Å². The van der Waals surface area contributed by atoms with E-state index in [0.29, 0.717) is 23.4 Å². The number of aromatic amines is 1. The first kappa shape index (κ1) is 19.3. The largest absolute Gasteiger partial charge is 0.338 e. The molecule has 0 saturated heterocycles. The first-order chi connectivity index (χ1) is 14.1. The van der Waals surface area contributed by atoms with Crippen LogP contribution in [0.3, 0.4) is 0 Å². The highest BCUT2D eigenvalue weighted by Crippen LogP contribution is 2.30. The van der Waals surface area contributed by atoms with Gasteiger partial charge in [-0.05, 0) is 51.5 Å². The Labute approximate surface area is 171 Å². The van der Waals surface area contributed by atoms with E-state index in [2.05, 4.69) is 63.6 Å². The predicted molar refractivity (Wildman–Crippen MR) is 120 cm³/mol. The van der Waals surface area contributed by atoms with E-state index in [1.807, 2.05) is 30.5 Å². The van der Waals surface area contributed by atoms with Gasteiger partial charge in [0.15, 0.2) is 5.65 Å². The van der Waals surface area contributed by atoms with Gasteiger partial charge in [0, 0.05) is 23.0 Å². The molecule has 3 aromatic rings. The molecule has 150 valence electrons. The van der Waals surface area contributed by atoms with Crippen molar-refractivity contribution in [1.82, 2.24) is 20.2 Å². The molecule has 29 heavy (non-hydrogen) atoms. The summed E-state index contributed by atoms with van der Waals surface area (Å²) in [6.45, 7) is 6.62. The molecule has 0 unspecified atom stereocenters.